The van der Waals surface area contributed by atoms with Gasteiger partial charge in [0.2, 0.25) is 5.91 Å². The van der Waals surface area contributed by atoms with Gasteiger partial charge in [-0.15, -0.1) is 0 Å². The normalized spacial score (nSPS) is 16.6. The van der Waals surface area contributed by atoms with Gasteiger partial charge in [-0.3, -0.25) is 4.79 Å². The van der Waals surface area contributed by atoms with Gasteiger partial charge in [-0.05, 0) is 18.8 Å². The minimum atomic E-state index is -0.207. The molecule has 7 heteroatoms. The van der Waals surface area contributed by atoms with Gasteiger partial charge < -0.3 is 11.1 Å². The van der Waals surface area contributed by atoms with Crippen LogP contribution >= 0.6 is 23.2 Å². The van der Waals surface area contributed by atoms with Crippen molar-refractivity contribution in [3.05, 3.63) is 16.5 Å². The molecule has 0 aliphatic heterocycles. The number of aromatic nitrogens is 2. The highest BCUT2D eigenvalue weighted by atomic mass is 35.5. The SMILES string of the molecule is NC(CC(=O)Nc1ncnc(Cl)c1Cl)C1CC1. The number of amides is 1. The fourth-order valence-corrected chi connectivity index (χ4v) is 1.80. The van der Waals surface area contributed by atoms with E-state index in [2.05, 4.69) is 15.3 Å². The van der Waals surface area contributed by atoms with Crippen LogP contribution in [0.5, 0.6) is 0 Å². The Labute approximate surface area is 109 Å². The first-order chi connectivity index (χ1) is 8.08. The number of carbonyl (C=O) groups is 1. The van der Waals surface area contributed by atoms with Gasteiger partial charge in [-0.1, -0.05) is 23.2 Å². The molecule has 0 saturated heterocycles. The Balaban J connectivity index is 1.95. The summed E-state index contributed by atoms with van der Waals surface area (Å²) >= 11 is 11.6. The summed E-state index contributed by atoms with van der Waals surface area (Å²) in [4.78, 5) is 19.2. The molecule has 1 saturated carbocycles. The second-order valence-electron chi connectivity index (χ2n) is 4.08. The molecule has 0 aromatic carbocycles. The van der Waals surface area contributed by atoms with E-state index in [1.807, 2.05) is 0 Å². The topological polar surface area (TPSA) is 80.9 Å². The van der Waals surface area contributed by atoms with Crippen molar-refractivity contribution in [2.45, 2.75) is 25.3 Å². The summed E-state index contributed by atoms with van der Waals surface area (Å²) in [5.74, 6) is 0.492. The third kappa shape index (κ3) is 3.28. The zero-order chi connectivity index (χ0) is 12.4. The lowest BCUT2D eigenvalue weighted by atomic mass is 10.1. The summed E-state index contributed by atoms with van der Waals surface area (Å²) in [6.07, 6.45) is 3.72. The third-order valence-electron chi connectivity index (χ3n) is 2.65. The molecule has 5 nitrogen and oxygen atoms in total. The minimum absolute atomic E-state index is 0.0916. The smallest absolute Gasteiger partial charge is 0.227 e. The van der Waals surface area contributed by atoms with E-state index in [1.54, 1.807) is 0 Å². The number of hydrogen-bond donors (Lipinski definition) is 2. The molecule has 0 bridgehead atoms. The van der Waals surface area contributed by atoms with E-state index < -0.39 is 0 Å². The maximum atomic E-state index is 11.7. The Morgan fingerprint density at radius 3 is 2.88 bits per heavy atom. The Bertz CT molecular complexity index is 436. The first-order valence-electron chi connectivity index (χ1n) is 5.29. The summed E-state index contributed by atoms with van der Waals surface area (Å²) in [6.45, 7) is 0. The van der Waals surface area contributed by atoms with E-state index in [-0.39, 0.29) is 34.4 Å². The van der Waals surface area contributed by atoms with Crippen LogP contribution in [-0.4, -0.2) is 21.9 Å². The second kappa shape index (κ2) is 5.16. The molecule has 2 rings (SSSR count). The highest BCUT2D eigenvalue weighted by Gasteiger charge is 2.30. The molecule has 1 aliphatic rings. The van der Waals surface area contributed by atoms with Gasteiger partial charge in [-0.25, -0.2) is 9.97 Å². The number of nitrogens with two attached hydrogens (primary N) is 1. The Morgan fingerprint density at radius 2 is 2.24 bits per heavy atom. The van der Waals surface area contributed by atoms with Crippen LogP contribution in [0.3, 0.4) is 0 Å². The zero-order valence-electron chi connectivity index (χ0n) is 8.99. The van der Waals surface area contributed by atoms with E-state index in [0.29, 0.717) is 5.92 Å². The Kier molecular flexibility index (Phi) is 3.81. The molecule has 1 aromatic heterocycles. The van der Waals surface area contributed by atoms with Crippen molar-refractivity contribution in [2.24, 2.45) is 11.7 Å². The number of rotatable bonds is 4. The van der Waals surface area contributed by atoms with Gasteiger partial charge in [0.1, 0.15) is 11.3 Å². The summed E-state index contributed by atoms with van der Waals surface area (Å²) < 4.78 is 0. The van der Waals surface area contributed by atoms with E-state index in [1.165, 1.54) is 6.33 Å². The number of nitrogens with zero attached hydrogens (tertiary/aromatic N) is 2. The standard InChI is InChI=1S/C10H12Cl2N4O/c11-8-9(12)14-4-15-10(8)16-7(17)3-6(13)5-1-2-5/h4-6H,1-3,13H2,(H,14,15,16,17). The highest BCUT2D eigenvalue weighted by Crippen LogP contribution is 2.33. The summed E-state index contributed by atoms with van der Waals surface area (Å²) in [5, 5.41) is 2.83. The number of nitrogens with one attached hydrogen (secondary N) is 1. The zero-order valence-corrected chi connectivity index (χ0v) is 10.5. The van der Waals surface area contributed by atoms with Gasteiger partial charge in [0.25, 0.3) is 0 Å². The number of halogens is 2. The molecule has 1 unspecified atom stereocenters. The van der Waals surface area contributed by atoms with Crippen LogP contribution in [0.4, 0.5) is 5.82 Å². The second-order valence-corrected chi connectivity index (χ2v) is 4.82. The molecule has 1 aliphatic carbocycles. The molecule has 1 aromatic rings. The first kappa shape index (κ1) is 12.5. The fraction of sp³-hybridized carbons (Fsp3) is 0.500. The molecular weight excluding hydrogens is 263 g/mol. The van der Waals surface area contributed by atoms with Crippen molar-refractivity contribution in [3.63, 3.8) is 0 Å². The van der Waals surface area contributed by atoms with Crippen LogP contribution in [0.25, 0.3) is 0 Å². The average molecular weight is 275 g/mol. The van der Waals surface area contributed by atoms with Crippen LogP contribution in [0.15, 0.2) is 6.33 Å². The average Bonchev–Trinajstić information content (AvgIpc) is 3.08. The molecule has 0 radical (unpaired) electrons. The molecule has 1 amide bonds. The lowest BCUT2D eigenvalue weighted by molar-refractivity contribution is -0.116. The van der Waals surface area contributed by atoms with Gasteiger partial charge in [0.15, 0.2) is 11.0 Å². The maximum absolute atomic E-state index is 11.7. The predicted octanol–water partition coefficient (Wildman–Crippen LogP) is 1.85. The van der Waals surface area contributed by atoms with Gasteiger partial charge >= 0.3 is 0 Å². The molecule has 3 N–H and O–H groups in total. The van der Waals surface area contributed by atoms with E-state index in [0.717, 1.165) is 12.8 Å². The number of anilines is 1. The largest absolute Gasteiger partial charge is 0.327 e. The molecule has 92 valence electrons. The number of hydrogen-bond acceptors (Lipinski definition) is 4. The van der Waals surface area contributed by atoms with E-state index in [4.69, 9.17) is 28.9 Å². The first-order valence-corrected chi connectivity index (χ1v) is 6.05. The molecule has 1 atom stereocenters. The molecule has 17 heavy (non-hydrogen) atoms. The van der Waals surface area contributed by atoms with Crippen LogP contribution in [-0.2, 0) is 4.79 Å². The van der Waals surface area contributed by atoms with Crippen LogP contribution in [0.1, 0.15) is 19.3 Å². The van der Waals surface area contributed by atoms with Crippen molar-refractivity contribution in [3.8, 4) is 0 Å². The molecule has 1 heterocycles. The lowest BCUT2D eigenvalue weighted by Gasteiger charge is -2.10. The number of carbonyl (C=O) groups excluding carboxylic acids is 1. The summed E-state index contributed by atoms with van der Waals surface area (Å²) in [7, 11) is 0. The van der Waals surface area contributed by atoms with Crippen molar-refractivity contribution < 1.29 is 4.79 Å². The maximum Gasteiger partial charge on any atom is 0.227 e. The van der Waals surface area contributed by atoms with Crippen molar-refractivity contribution in [2.75, 3.05) is 5.32 Å². The molecule has 1 fully saturated rings. The Morgan fingerprint density at radius 1 is 1.53 bits per heavy atom. The van der Waals surface area contributed by atoms with Crippen molar-refractivity contribution >= 4 is 34.9 Å². The van der Waals surface area contributed by atoms with Gasteiger partial charge in [0, 0.05) is 12.5 Å². The van der Waals surface area contributed by atoms with E-state index in [9.17, 15) is 4.79 Å². The summed E-state index contributed by atoms with van der Waals surface area (Å²) in [6, 6.07) is -0.0916. The predicted molar refractivity (Wildman–Crippen MR) is 66.0 cm³/mol. The highest BCUT2D eigenvalue weighted by molar-refractivity contribution is 6.42. The molecule has 0 spiro atoms. The quantitative estimate of drug-likeness (QED) is 0.822. The third-order valence-corrected chi connectivity index (χ3v) is 3.39. The van der Waals surface area contributed by atoms with Gasteiger partial charge in [0.05, 0.1) is 0 Å². The van der Waals surface area contributed by atoms with Crippen LogP contribution in [0.2, 0.25) is 10.2 Å². The monoisotopic (exact) mass is 274 g/mol. The molecular formula is C10H12Cl2N4O. The van der Waals surface area contributed by atoms with Crippen molar-refractivity contribution in [1.29, 1.82) is 0 Å². The summed E-state index contributed by atoms with van der Waals surface area (Å²) in [5.41, 5.74) is 5.85. The fourth-order valence-electron chi connectivity index (χ4n) is 1.52. The lowest BCUT2D eigenvalue weighted by Crippen LogP contribution is -2.29. The van der Waals surface area contributed by atoms with Crippen LogP contribution < -0.4 is 11.1 Å². The van der Waals surface area contributed by atoms with Crippen molar-refractivity contribution in [1.82, 2.24) is 9.97 Å². The van der Waals surface area contributed by atoms with Crippen LogP contribution in [0, 0.1) is 5.92 Å². The Hall–Kier alpha value is -0.910. The van der Waals surface area contributed by atoms with E-state index >= 15 is 0 Å². The minimum Gasteiger partial charge on any atom is -0.327 e. The van der Waals surface area contributed by atoms with Gasteiger partial charge in [-0.2, -0.15) is 0 Å².